The molecule has 2 heteroatoms. The summed E-state index contributed by atoms with van der Waals surface area (Å²) in [5.74, 6) is 0. The molecule has 0 spiro atoms. The molecule has 0 aromatic heterocycles. The van der Waals surface area contributed by atoms with Gasteiger partial charge in [-0.05, 0) is 52.2 Å². The molecule has 3 aromatic carbocycles. The van der Waals surface area contributed by atoms with Gasteiger partial charge in [-0.3, -0.25) is 0 Å². The van der Waals surface area contributed by atoms with E-state index in [0.29, 0.717) is 0 Å². The average molecular weight is 234 g/mol. The number of rotatable bonds is 1. The third-order valence-electron chi connectivity index (χ3n) is 3.11. The van der Waals surface area contributed by atoms with Gasteiger partial charge in [0.05, 0.1) is 0 Å². The molecule has 88 valence electrons. The molecule has 4 N–H and O–H groups in total. The molecule has 0 aliphatic rings. The van der Waals surface area contributed by atoms with E-state index in [4.69, 9.17) is 11.5 Å². The largest absolute Gasteiger partial charge is 0.399 e. The highest BCUT2D eigenvalue weighted by Gasteiger charge is 2.00. The minimum Gasteiger partial charge on any atom is -0.399 e. The highest BCUT2D eigenvalue weighted by atomic mass is 14.5. The summed E-state index contributed by atoms with van der Waals surface area (Å²) >= 11 is 0. The topological polar surface area (TPSA) is 52.0 Å². The molecule has 0 saturated carbocycles. The fourth-order valence-corrected chi connectivity index (χ4v) is 2.12. The molecular formula is C16H14N2. The fraction of sp³-hybridized carbons (Fsp3) is 0. The van der Waals surface area contributed by atoms with E-state index in [1.165, 1.54) is 16.5 Å². The van der Waals surface area contributed by atoms with Crippen LogP contribution >= 0.6 is 0 Å². The van der Waals surface area contributed by atoms with E-state index in [0.717, 1.165) is 16.8 Å². The van der Waals surface area contributed by atoms with E-state index in [-0.39, 0.29) is 0 Å². The van der Waals surface area contributed by atoms with Crippen LogP contribution in [0.25, 0.3) is 21.9 Å². The van der Waals surface area contributed by atoms with Gasteiger partial charge in [-0.1, -0.05) is 30.3 Å². The van der Waals surface area contributed by atoms with Gasteiger partial charge in [0.15, 0.2) is 0 Å². The second kappa shape index (κ2) is 4.08. The fourth-order valence-electron chi connectivity index (χ4n) is 2.12. The summed E-state index contributed by atoms with van der Waals surface area (Å²) in [5.41, 5.74) is 15.4. The zero-order valence-electron chi connectivity index (χ0n) is 9.93. The molecule has 3 aromatic rings. The van der Waals surface area contributed by atoms with Crippen molar-refractivity contribution in [3.05, 3.63) is 60.7 Å². The molecule has 0 radical (unpaired) electrons. The van der Waals surface area contributed by atoms with Crippen LogP contribution < -0.4 is 11.5 Å². The Morgan fingerprint density at radius 2 is 1.06 bits per heavy atom. The first-order chi connectivity index (χ1) is 8.72. The van der Waals surface area contributed by atoms with Crippen LogP contribution in [-0.2, 0) is 0 Å². The van der Waals surface area contributed by atoms with Crippen LogP contribution in [0, 0.1) is 0 Å². The lowest BCUT2D eigenvalue weighted by atomic mass is 10.0. The molecule has 0 heterocycles. The summed E-state index contributed by atoms with van der Waals surface area (Å²) < 4.78 is 0. The predicted octanol–water partition coefficient (Wildman–Crippen LogP) is 3.67. The van der Waals surface area contributed by atoms with Crippen molar-refractivity contribution >= 4 is 22.1 Å². The maximum Gasteiger partial charge on any atom is 0.0320 e. The van der Waals surface area contributed by atoms with Gasteiger partial charge >= 0.3 is 0 Å². The number of anilines is 2. The standard InChI is InChI=1S/C16H14N2/c17-15-6-3-11(4-7-15)12-1-2-14-10-16(18)8-5-13(14)9-12/h1-10H,17-18H2. The lowest BCUT2D eigenvalue weighted by Crippen LogP contribution is -1.85. The van der Waals surface area contributed by atoms with Gasteiger partial charge in [0, 0.05) is 11.4 Å². The molecule has 0 fully saturated rings. The van der Waals surface area contributed by atoms with Gasteiger partial charge in [0.25, 0.3) is 0 Å². The Labute approximate surface area is 106 Å². The summed E-state index contributed by atoms with van der Waals surface area (Å²) in [6.45, 7) is 0. The number of nitrogens with two attached hydrogens (primary N) is 2. The molecule has 18 heavy (non-hydrogen) atoms. The van der Waals surface area contributed by atoms with Gasteiger partial charge < -0.3 is 11.5 Å². The Morgan fingerprint density at radius 3 is 1.83 bits per heavy atom. The van der Waals surface area contributed by atoms with Crippen LogP contribution in [0.5, 0.6) is 0 Å². The summed E-state index contributed by atoms with van der Waals surface area (Å²) in [5, 5.41) is 2.35. The van der Waals surface area contributed by atoms with E-state index in [1.54, 1.807) is 0 Å². The number of hydrogen-bond acceptors (Lipinski definition) is 2. The van der Waals surface area contributed by atoms with Crippen molar-refractivity contribution in [3.63, 3.8) is 0 Å². The zero-order chi connectivity index (χ0) is 12.5. The van der Waals surface area contributed by atoms with Crippen molar-refractivity contribution in [2.45, 2.75) is 0 Å². The van der Waals surface area contributed by atoms with Gasteiger partial charge in [-0.15, -0.1) is 0 Å². The third kappa shape index (κ3) is 1.89. The number of nitrogen functional groups attached to an aromatic ring is 2. The summed E-state index contributed by atoms with van der Waals surface area (Å²) in [6.07, 6.45) is 0. The molecule has 0 unspecified atom stereocenters. The highest BCUT2D eigenvalue weighted by molar-refractivity contribution is 5.89. The molecule has 3 rings (SSSR count). The number of hydrogen-bond donors (Lipinski definition) is 2. The van der Waals surface area contributed by atoms with E-state index >= 15 is 0 Å². The molecule has 0 atom stereocenters. The Bertz CT molecular complexity index is 700. The van der Waals surface area contributed by atoms with Crippen molar-refractivity contribution in [2.75, 3.05) is 11.5 Å². The molecule has 0 bridgehead atoms. The summed E-state index contributed by atoms with van der Waals surface area (Å²) in [4.78, 5) is 0. The first-order valence-corrected chi connectivity index (χ1v) is 5.87. The van der Waals surface area contributed by atoms with Crippen LogP contribution in [0.3, 0.4) is 0 Å². The zero-order valence-corrected chi connectivity index (χ0v) is 9.93. The van der Waals surface area contributed by atoms with Crippen LogP contribution in [0.4, 0.5) is 11.4 Å². The van der Waals surface area contributed by atoms with Crippen molar-refractivity contribution in [1.82, 2.24) is 0 Å². The monoisotopic (exact) mass is 234 g/mol. The van der Waals surface area contributed by atoms with Crippen molar-refractivity contribution in [1.29, 1.82) is 0 Å². The second-order valence-corrected chi connectivity index (χ2v) is 4.44. The summed E-state index contributed by atoms with van der Waals surface area (Å²) in [7, 11) is 0. The number of fused-ring (bicyclic) bond motifs is 1. The third-order valence-corrected chi connectivity index (χ3v) is 3.11. The van der Waals surface area contributed by atoms with Crippen molar-refractivity contribution in [2.24, 2.45) is 0 Å². The lowest BCUT2D eigenvalue weighted by Gasteiger charge is -2.05. The molecule has 2 nitrogen and oxygen atoms in total. The van der Waals surface area contributed by atoms with E-state index in [9.17, 15) is 0 Å². The maximum absolute atomic E-state index is 5.78. The Kier molecular flexibility index (Phi) is 2.41. The predicted molar refractivity (Wildman–Crippen MR) is 78.2 cm³/mol. The van der Waals surface area contributed by atoms with Crippen molar-refractivity contribution < 1.29 is 0 Å². The van der Waals surface area contributed by atoms with E-state index < -0.39 is 0 Å². The molecule has 0 aliphatic heterocycles. The lowest BCUT2D eigenvalue weighted by molar-refractivity contribution is 1.63. The Morgan fingerprint density at radius 1 is 0.500 bits per heavy atom. The Balaban J connectivity index is 2.13. The normalized spacial score (nSPS) is 10.7. The van der Waals surface area contributed by atoms with Crippen LogP contribution in [0.1, 0.15) is 0 Å². The quantitative estimate of drug-likeness (QED) is 0.631. The first kappa shape index (κ1) is 10.7. The molecule has 0 saturated heterocycles. The van der Waals surface area contributed by atoms with Crippen LogP contribution in [0.15, 0.2) is 60.7 Å². The van der Waals surface area contributed by atoms with Crippen LogP contribution in [-0.4, -0.2) is 0 Å². The average Bonchev–Trinajstić information content (AvgIpc) is 2.39. The minimum atomic E-state index is 0.785. The van der Waals surface area contributed by atoms with Gasteiger partial charge in [-0.25, -0.2) is 0 Å². The van der Waals surface area contributed by atoms with E-state index in [2.05, 4.69) is 18.2 Å². The number of benzene rings is 3. The van der Waals surface area contributed by atoms with Crippen LogP contribution in [0.2, 0.25) is 0 Å². The Hall–Kier alpha value is -2.48. The van der Waals surface area contributed by atoms with Gasteiger partial charge in [0.1, 0.15) is 0 Å². The first-order valence-electron chi connectivity index (χ1n) is 5.87. The summed E-state index contributed by atoms with van der Waals surface area (Å²) in [6, 6.07) is 20.2. The smallest absolute Gasteiger partial charge is 0.0320 e. The SMILES string of the molecule is Nc1ccc(-c2ccc3cc(N)ccc3c2)cc1. The maximum atomic E-state index is 5.78. The molecule has 0 amide bonds. The molecule has 0 aliphatic carbocycles. The minimum absolute atomic E-state index is 0.785. The highest BCUT2D eigenvalue weighted by Crippen LogP contribution is 2.26. The molecular weight excluding hydrogens is 220 g/mol. The second-order valence-electron chi connectivity index (χ2n) is 4.44. The van der Waals surface area contributed by atoms with Gasteiger partial charge in [-0.2, -0.15) is 0 Å². The van der Waals surface area contributed by atoms with Gasteiger partial charge in [0.2, 0.25) is 0 Å². The van der Waals surface area contributed by atoms with E-state index in [1.807, 2.05) is 42.5 Å². The van der Waals surface area contributed by atoms with Crippen molar-refractivity contribution in [3.8, 4) is 11.1 Å².